The minimum atomic E-state index is 0.302. The van der Waals surface area contributed by atoms with Gasteiger partial charge in [-0.25, -0.2) is 0 Å². The Balaban J connectivity index is 0.000000162. The van der Waals surface area contributed by atoms with Gasteiger partial charge in [-0.15, -0.1) is 0 Å². The summed E-state index contributed by atoms with van der Waals surface area (Å²) in [4.78, 5) is 0. The molecule has 4 fully saturated rings. The molecular formula is C45H48N2O5. The number of hydrogen-bond donors (Lipinski definition) is 0. The van der Waals surface area contributed by atoms with Gasteiger partial charge in [0.1, 0.15) is 19.0 Å². The summed E-state index contributed by atoms with van der Waals surface area (Å²) < 4.78 is 27.6. The van der Waals surface area contributed by atoms with Crippen LogP contribution in [0, 0.1) is 22.7 Å². The molecule has 2 unspecified atom stereocenters. The molecule has 2 saturated heterocycles. The molecule has 7 heteroatoms. The van der Waals surface area contributed by atoms with Crippen molar-refractivity contribution in [2.45, 2.75) is 87.6 Å². The summed E-state index contributed by atoms with van der Waals surface area (Å²) in [5.41, 5.74) is 8.94. The van der Waals surface area contributed by atoms with E-state index in [-0.39, 0.29) is 0 Å². The van der Waals surface area contributed by atoms with Crippen LogP contribution < -0.4 is 0 Å². The summed E-state index contributed by atoms with van der Waals surface area (Å²) in [6.07, 6.45) is 10.6. The van der Waals surface area contributed by atoms with Crippen molar-refractivity contribution in [1.29, 1.82) is 10.5 Å². The number of ether oxygens (including phenoxy) is 5. The molecule has 0 radical (unpaired) electrons. The van der Waals surface area contributed by atoms with Crippen molar-refractivity contribution in [2.24, 2.45) is 0 Å². The summed E-state index contributed by atoms with van der Waals surface area (Å²) in [5.74, 6) is 1.26. The second kappa shape index (κ2) is 17.9. The van der Waals surface area contributed by atoms with Gasteiger partial charge in [-0.2, -0.15) is 10.5 Å². The Morgan fingerprint density at radius 3 is 1.23 bits per heavy atom. The molecule has 4 aliphatic rings. The van der Waals surface area contributed by atoms with E-state index < -0.39 is 0 Å². The summed E-state index contributed by atoms with van der Waals surface area (Å²) in [6, 6.07) is 37.6. The zero-order valence-electron chi connectivity index (χ0n) is 29.8. The largest absolute Gasteiger partial charge is 0.375 e. The number of hydrogen-bond acceptors (Lipinski definition) is 7. The van der Waals surface area contributed by atoms with Gasteiger partial charge in [0.2, 0.25) is 0 Å². The van der Waals surface area contributed by atoms with Gasteiger partial charge < -0.3 is 23.7 Å². The number of benzene rings is 4. The fraction of sp³-hybridized carbons (Fsp3) is 0.422. The van der Waals surface area contributed by atoms with E-state index in [1.807, 2.05) is 48.5 Å². The average Bonchev–Trinajstić information content (AvgIpc) is 4.17. The second-order valence-corrected chi connectivity index (χ2v) is 14.5. The maximum Gasteiger partial charge on any atom is 0.147 e. The van der Waals surface area contributed by atoms with Crippen LogP contribution in [0.15, 0.2) is 97.1 Å². The van der Waals surface area contributed by atoms with Crippen molar-refractivity contribution in [3.63, 3.8) is 0 Å². The van der Waals surface area contributed by atoms with E-state index in [2.05, 4.69) is 60.7 Å². The molecule has 4 aromatic rings. The molecule has 0 N–H and O–H groups in total. The van der Waals surface area contributed by atoms with E-state index in [1.54, 1.807) is 0 Å². The third kappa shape index (κ3) is 10.4. The number of nitrogens with zero attached hydrogens (tertiary/aromatic N) is 2. The Bertz CT molecular complexity index is 1770. The lowest BCUT2D eigenvalue weighted by atomic mass is 9.82. The zero-order valence-corrected chi connectivity index (χ0v) is 29.8. The molecule has 2 heterocycles. The topological polar surface area (TPSA) is 100 Å². The molecule has 2 atom stereocenters. The predicted molar refractivity (Wildman–Crippen MR) is 201 cm³/mol. The fourth-order valence-corrected chi connectivity index (χ4v) is 7.39. The third-order valence-corrected chi connectivity index (χ3v) is 10.8. The molecule has 2 saturated carbocycles. The Morgan fingerprint density at radius 1 is 0.481 bits per heavy atom. The normalized spacial score (nSPS) is 24.8. The van der Waals surface area contributed by atoms with Crippen molar-refractivity contribution in [3.05, 3.63) is 119 Å². The molecule has 2 aliphatic heterocycles. The number of nitriles is 2. The molecule has 0 spiro atoms. The molecule has 7 nitrogen and oxygen atoms in total. The fourth-order valence-electron chi connectivity index (χ4n) is 7.39. The summed E-state index contributed by atoms with van der Waals surface area (Å²) in [7, 11) is 0. The highest BCUT2D eigenvalue weighted by Crippen LogP contribution is 2.36. The predicted octanol–water partition coefficient (Wildman–Crippen LogP) is 9.31. The Hall–Kier alpha value is -4.34. The number of epoxide rings is 2. The lowest BCUT2D eigenvalue weighted by Crippen LogP contribution is -2.22. The standard InChI is InChI=1S/C23H25NO3.C22H23NO2/c24-13-17-1-3-18(4-2-17)19-5-7-20(8-6-19)21-9-11-22(12-10-21)27-16-25-14-23-15-26-23;23-13-16-1-3-17(4-2-16)18-5-7-19(8-6-18)20-9-11-21(12-10-20)24-14-22-15-25-22/h1-8,21-23H,9-12,14-16H2;1-8,20-22H,9-12,14-15H2. The Morgan fingerprint density at radius 2 is 0.846 bits per heavy atom. The maximum atomic E-state index is 8.91. The van der Waals surface area contributed by atoms with E-state index in [4.69, 9.17) is 34.2 Å². The first kappa shape index (κ1) is 36.0. The summed E-state index contributed by atoms with van der Waals surface area (Å²) in [6.45, 7) is 3.51. The molecule has 52 heavy (non-hydrogen) atoms. The summed E-state index contributed by atoms with van der Waals surface area (Å²) >= 11 is 0. The summed E-state index contributed by atoms with van der Waals surface area (Å²) in [5, 5.41) is 17.8. The van der Waals surface area contributed by atoms with Crippen LogP contribution in [0.4, 0.5) is 0 Å². The average molecular weight is 697 g/mol. The minimum Gasteiger partial charge on any atom is -0.375 e. The van der Waals surface area contributed by atoms with Gasteiger partial charge in [-0.05, 0) is 121 Å². The van der Waals surface area contributed by atoms with Gasteiger partial charge in [0.25, 0.3) is 0 Å². The molecule has 2 aliphatic carbocycles. The van der Waals surface area contributed by atoms with Crippen molar-refractivity contribution in [3.8, 4) is 34.4 Å². The van der Waals surface area contributed by atoms with Crippen LogP contribution in [-0.4, -0.2) is 57.6 Å². The first-order valence-electron chi connectivity index (χ1n) is 18.9. The SMILES string of the molecule is N#Cc1ccc(-c2ccc(C3CCC(OCC4CO4)CC3)cc2)cc1.N#Cc1ccc(-c2ccc(C3CCC(OCOCC4CO4)CC3)cc2)cc1. The molecule has 4 aromatic carbocycles. The molecule has 0 bridgehead atoms. The first-order valence-corrected chi connectivity index (χ1v) is 18.9. The van der Waals surface area contributed by atoms with Crippen molar-refractivity contribution in [1.82, 2.24) is 0 Å². The van der Waals surface area contributed by atoms with Crippen LogP contribution in [0.5, 0.6) is 0 Å². The van der Waals surface area contributed by atoms with Crippen LogP contribution in [0.1, 0.15) is 85.5 Å². The van der Waals surface area contributed by atoms with E-state index in [0.29, 0.717) is 60.8 Å². The van der Waals surface area contributed by atoms with Crippen LogP contribution in [-0.2, 0) is 23.7 Å². The van der Waals surface area contributed by atoms with E-state index >= 15 is 0 Å². The highest BCUT2D eigenvalue weighted by Gasteiger charge is 2.28. The quantitative estimate of drug-likeness (QED) is 0.0827. The Labute approximate surface area is 308 Å². The van der Waals surface area contributed by atoms with Gasteiger partial charge in [0.05, 0.1) is 61.9 Å². The second-order valence-electron chi connectivity index (χ2n) is 14.5. The highest BCUT2D eigenvalue weighted by molar-refractivity contribution is 5.65. The maximum absolute atomic E-state index is 8.91. The van der Waals surface area contributed by atoms with Crippen LogP contribution in [0.2, 0.25) is 0 Å². The molecule has 268 valence electrons. The van der Waals surface area contributed by atoms with Gasteiger partial charge in [0.15, 0.2) is 0 Å². The van der Waals surface area contributed by atoms with Crippen molar-refractivity contribution < 1.29 is 23.7 Å². The lowest BCUT2D eigenvalue weighted by molar-refractivity contribution is -0.102. The highest BCUT2D eigenvalue weighted by atomic mass is 16.7. The van der Waals surface area contributed by atoms with Gasteiger partial charge in [-0.1, -0.05) is 72.8 Å². The molecule has 8 rings (SSSR count). The van der Waals surface area contributed by atoms with Gasteiger partial charge in [0, 0.05) is 0 Å². The van der Waals surface area contributed by atoms with Gasteiger partial charge >= 0.3 is 0 Å². The molecular weight excluding hydrogens is 649 g/mol. The van der Waals surface area contributed by atoms with E-state index in [0.717, 1.165) is 69.5 Å². The van der Waals surface area contributed by atoms with E-state index in [1.165, 1.54) is 35.1 Å². The zero-order chi connectivity index (χ0) is 35.5. The van der Waals surface area contributed by atoms with Crippen molar-refractivity contribution in [2.75, 3.05) is 33.2 Å². The smallest absolute Gasteiger partial charge is 0.147 e. The Kier molecular flexibility index (Phi) is 12.4. The minimum absolute atomic E-state index is 0.302. The van der Waals surface area contributed by atoms with Crippen molar-refractivity contribution >= 4 is 0 Å². The monoisotopic (exact) mass is 696 g/mol. The molecule has 0 aromatic heterocycles. The third-order valence-electron chi connectivity index (χ3n) is 10.8. The van der Waals surface area contributed by atoms with Crippen LogP contribution in [0.3, 0.4) is 0 Å². The lowest BCUT2D eigenvalue weighted by Gasteiger charge is -2.28. The number of rotatable bonds is 12. The van der Waals surface area contributed by atoms with Gasteiger partial charge in [-0.3, -0.25) is 0 Å². The first-order chi connectivity index (χ1) is 25.6. The molecule has 0 amide bonds. The van der Waals surface area contributed by atoms with Crippen LogP contribution >= 0.6 is 0 Å². The van der Waals surface area contributed by atoms with Crippen LogP contribution in [0.25, 0.3) is 22.3 Å². The van der Waals surface area contributed by atoms with E-state index in [9.17, 15) is 0 Å².